The van der Waals surface area contributed by atoms with Crippen LogP contribution in [0.15, 0.2) is 36.6 Å². The summed E-state index contributed by atoms with van der Waals surface area (Å²) in [5, 5.41) is 0. The van der Waals surface area contributed by atoms with Gasteiger partial charge < -0.3 is 8.83 Å². The van der Waals surface area contributed by atoms with Crippen molar-refractivity contribution in [3.05, 3.63) is 44.6 Å². The Balaban J connectivity index is 2.58. The number of rotatable bonds is 2. The maximum Gasteiger partial charge on any atom is 0.423 e. The molecule has 16 heavy (non-hydrogen) atoms. The van der Waals surface area contributed by atoms with Crippen LogP contribution in [0.4, 0.5) is 0 Å². The standard InChI is InChI=1S/C12H12O4/c1-7(2)5-8-3-4-9-10(6-8)16-12(14)11(13)15-9/h3-4,6-7H,5H2,1-2H3. The van der Waals surface area contributed by atoms with Crippen LogP contribution >= 0.6 is 0 Å². The largest absolute Gasteiger partial charge is 0.423 e. The van der Waals surface area contributed by atoms with Gasteiger partial charge in [0.05, 0.1) is 0 Å². The van der Waals surface area contributed by atoms with E-state index in [0.29, 0.717) is 17.1 Å². The van der Waals surface area contributed by atoms with E-state index in [-0.39, 0.29) is 0 Å². The Morgan fingerprint density at radius 1 is 1.06 bits per heavy atom. The second-order valence-corrected chi connectivity index (χ2v) is 4.16. The molecule has 0 unspecified atom stereocenters. The van der Waals surface area contributed by atoms with Crippen molar-refractivity contribution < 1.29 is 8.83 Å². The molecule has 0 saturated heterocycles. The Kier molecular flexibility index (Phi) is 2.64. The summed E-state index contributed by atoms with van der Waals surface area (Å²) in [5.74, 6) is 0.514. The molecule has 0 spiro atoms. The Hall–Kier alpha value is -1.84. The second-order valence-electron chi connectivity index (χ2n) is 4.16. The van der Waals surface area contributed by atoms with Gasteiger partial charge >= 0.3 is 11.3 Å². The van der Waals surface area contributed by atoms with Gasteiger partial charge in [0, 0.05) is 0 Å². The van der Waals surface area contributed by atoms with Crippen molar-refractivity contribution in [1.82, 2.24) is 0 Å². The summed E-state index contributed by atoms with van der Waals surface area (Å²) in [6.45, 7) is 4.21. The molecule has 0 N–H and O–H groups in total. The van der Waals surface area contributed by atoms with Crippen LogP contribution in [0.2, 0.25) is 0 Å². The van der Waals surface area contributed by atoms with Gasteiger partial charge in [-0.05, 0) is 30.0 Å². The fraction of sp³-hybridized carbons (Fsp3) is 0.333. The van der Waals surface area contributed by atoms with Crippen LogP contribution in [0.25, 0.3) is 11.2 Å². The lowest BCUT2D eigenvalue weighted by molar-refractivity contribution is 0.448. The molecular formula is C12H12O4. The Labute approximate surface area is 91.5 Å². The molecule has 0 radical (unpaired) electrons. The molecule has 1 aromatic heterocycles. The predicted octanol–water partition coefficient (Wildman–Crippen LogP) is 1.94. The molecule has 0 bridgehead atoms. The van der Waals surface area contributed by atoms with E-state index in [0.717, 1.165) is 12.0 Å². The van der Waals surface area contributed by atoms with E-state index < -0.39 is 11.3 Å². The topological polar surface area (TPSA) is 60.4 Å². The highest BCUT2D eigenvalue weighted by atomic mass is 16.5. The van der Waals surface area contributed by atoms with E-state index in [1.807, 2.05) is 6.07 Å². The van der Waals surface area contributed by atoms with Crippen LogP contribution in [0, 0.1) is 5.92 Å². The number of hydrogen-bond donors (Lipinski definition) is 0. The zero-order valence-corrected chi connectivity index (χ0v) is 9.15. The van der Waals surface area contributed by atoms with E-state index in [4.69, 9.17) is 8.83 Å². The SMILES string of the molecule is CC(C)Cc1ccc2oc(=O)c(=O)oc2c1. The maximum atomic E-state index is 11.0. The van der Waals surface area contributed by atoms with E-state index >= 15 is 0 Å². The predicted molar refractivity (Wildman–Crippen MR) is 59.6 cm³/mol. The van der Waals surface area contributed by atoms with Gasteiger partial charge in [-0.3, -0.25) is 0 Å². The second kappa shape index (κ2) is 3.96. The zero-order chi connectivity index (χ0) is 11.7. The van der Waals surface area contributed by atoms with Gasteiger partial charge in [-0.25, -0.2) is 9.59 Å². The quantitative estimate of drug-likeness (QED) is 0.725. The molecule has 0 amide bonds. The highest BCUT2D eigenvalue weighted by molar-refractivity contribution is 5.70. The van der Waals surface area contributed by atoms with Gasteiger partial charge in [0.15, 0.2) is 11.2 Å². The first-order chi connectivity index (χ1) is 7.56. The molecule has 0 aliphatic carbocycles. The van der Waals surface area contributed by atoms with E-state index in [9.17, 15) is 9.59 Å². The Morgan fingerprint density at radius 3 is 2.31 bits per heavy atom. The third-order valence-corrected chi connectivity index (χ3v) is 2.22. The van der Waals surface area contributed by atoms with E-state index in [1.54, 1.807) is 12.1 Å². The van der Waals surface area contributed by atoms with Crippen LogP contribution in [-0.4, -0.2) is 0 Å². The van der Waals surface area contributed by atoms with Crippen molar-refractivity contribution in [2.24, 2.45) is 5.92 Å². The first-order valence-corrected chi connectivity index (χ1v) is 5.13. The molecule has 1 heterocycles. The van der Waals surface area contributed by atoms with Gasteiger partial charge in [0.2, 0.25) is 0 Å². The summed E-state index contributed by atoms with van der Waals surface area (Å²) in [5.41, 5.74) is -0.252. The third kappa shape index (κ3) is 2.05. The van der Waals surface area contributed by atoms with Crippen molar-refractivity contribution in [2.75, 3.05) is 0 Å². The average Bonchev–Trinajstić information content (AvgIpc) is 2.19. The molecule has 0 aliphatic heterocycles. The first-order valence-electron chi connectivity index (χ1n) is 5.13. The highest BCUT2D eigenvalue weighted by Crippen LogP contribution is 2.15. The minimum Gasteiger partial charge on any atom is -0.414 e. The lowest BCUT2D eigenvalue weighted by Gasteiger charge is -2.04. The van der Waals surface area contributed by atoms with E-state index in [1.165, 1.54) is 0 Å². The summed E-state index contributed by atoms with van der Waals surface area (Å²) >= 11 is 0. The summed E-state index contributed by atoms with van der Waals surface area (Å²) in [4.78, 5) is 21.9. The minimum absolute atomic E-state index is 0.303. The smallest absolute Gasteiger partial charge is 0.414 e. The van der Waals surface area contributed by atoms with Gasteiger partial charge in [-0.1, -0.05) is 19.9 Å². The van der Waals surface area contributed by atoms with Gasteiger partial charge in [-0.2, -0.15) is 0 Å². The fourth-order valence-corrected chi connectivity index (χ4v) is 1.60. The molecule has 4 heteroatoms. The summed E-state index contributed by atoms with van der Waals surface area (Å²) < 4.78 is 9.64. The van der Waals surface area contributed by atoms with Gasteiger partial charge in [-0.15, -0.1) is 0 Å². The van der Waals surface area contributed by atoms with Crippen LogP contribution in [0.5, 0.6) is 0 Å². The molecule has 0 fully saturated rings. The monoisotopic (exact) mass is 220 g/mol. The molecule has 0 atom stereocenters. The van der Waals surface area contributed by atoms with Gasteiger partial charge in [0.25, 0.3) is 0 Å². The number of benzene rings is 1. The van der Waals surface area contributed by atoms with Crippen LogP contribution in [0.1, 0.15) is 19.4 Å². The van der Waals surface area contributed by atoms with Crippen molar-refractivity contribution >= 4 is 11.2 Å². The molecular weight excluding hydrogens is 208 g/mol. The fourth-order valence-electron chi connectivity index (χ4n) is 1.60. The zero-order valence-electron chi connectivity index (χ0n) is 9.15. The van der Waals surface area contributed by atoms with Crippen LogP contribution in [0.3, 0.4) is 0 Å². The molecule has 4 nitrogen and oxygen atoms in total. The van der Waals surface area contributed by atoms with Crippen LogP contribution in [-0.2, 0) is 6.42 Å². The lowest BCUT2D eigenvalue weighted by atomic mass is 10.0. The minimum atomic E-state index is -0.968. The molecule has 84 valence electrons. The van der Waals surface area contributed by atoms with Crippen molar-refractivity contribution in [2.45, 2.75) is 20.3 Å². The molecule has 1 aromatic carbocycles. The van der Waals surface area contributed by atoms with Crippen LogP contribution < -0.4 is 11.3 Å². The van der Waals surface area contributed by atoms with E-state index in [2.05, 4.69) is 13.8 Å². The Bertz CT molecular complexity index is 619. The molecule has 0 saturated carbocycles. The van der Waals surface area contributed by atoms with Crippen molar-refractivity contribution in [3.8, 4) is 0 Å². The van der Waals surface area contributed by atoms with Crippen molar-refractivity contribution in [3.63, 3.8) is 0 Å². The summed E-state index contributed by atoms with van der Waals surface area (Å²) in [6, 6.07) is 5.25. The summed E-state index contributed by atoms with van der Waals surface area (Å²) in [6.07, 6.45) is 0.888. The Morgan fingerprint density at radius 2 is 1.69 bits per heavy atom. The number of fused-ring (bicyclic) bond motifs is 1. The lowest BCUT2D eigenvalue weighted by Crippen LogP contribution is -2.20. The highest BCUT2D eigenvalue weighted by Gasteiger charge is 2.06. The molecule has 2 rings (SSSR count). The van der Waals surface area contributed by atoms with Crippen molar-refractivity contribution in [1.29, 1.82) is 0 Å². The molecule has 2 aromatic rings. The average molecular weight is 220 g/mol. The summed E-state index contributed by atoms with van der Waals surface area (Å²) in [7, 11) is 0. The number of hydrogen-bond acceptors (Lipinski definition) is 4. The van der Waals surface area contributed by atoms with Gasteiger partial charge in [0.1, 0.15) is 0 Å². The maximum absolute atomic E-state index is 11.0. The third-order valence-electron chi connectivity index (χ3n) is 2.22. The molecule has 0 aliphatic rings. The normalized spacial score (nSPS) is 11.2. The first kappa shape index (κ1) is 10.7.